The van der Waals surface area contributed by atoms with E-state index in [1.165, 1.54) is 5.06 Å². The summed E-state index contributed by atoms with van der Waals surface area (Å²) in [4.78, 5) is 40.7. The van der Waals surface area contributed by atoms with E-state index in [0.717, 1.165) is 50.8 Å². The monoisotopic (exact) mass is 484 g/mol. The van der Waals surface area contributed by atoms with Gasteiger partial charge in [0, 0.05) is 13.1 Å². The van der Waals surface area contributed by atoms with Crippen LogP contribution in [0.1, 0.15) is 49.9 Å². The van der Waals surface area contributed by atoms with Gasteiger partial charge in [0.2, 0.25) is 18.1 Å². The highest BCUT2D eigenvalue weighted by molar-refractivity contribution is 5.80. The van der Waals surface area contributed by atoms with Crippen LogP contribution < -0.4 is 15.8 Å². The zero-order valence-corrected chi connectivity index (χ0v) is 20.1. The minimum Gasteiger partial charge on any atom is -0.354 e. The van der Waals surface area contributed by atoms with Crippen LogP contribution in [0.25, 0.3) is 0 Å². The third-order valence-corrected chi connectivity index (χ3v) is 6.63. The number of halogens is 1. The molecule has 1 saturated carbocycles. The number of rotatable bonds is 12. The summed E-state index contributed by atoms with van der Waals surface area (Å²) >= 11 is 0. The Morgan fingerprint density at radius 1 is 1.23 bits per heavy atom. The number of hydrogen-bond acceptors (Lipinski definition) is 7. The zero-order chi connectivity index (χ0) is 24.6. The minimum atomic E-state index is -0.594. The van der Waals surface area contributed by atoms with Gasteiger partial charge >= 0.3 is 0 Å². The van der Waals surface area contributed by atoms with Crippen LogP contribution in [-0.4, -0.2) is 47.0 Å². The summed E-state index contributed by atoms with van der Waals surface area (Å²) in [5, 5.41) is 1.17. The van der Waals surface area contributed by atoms with Crippen molar-refractivity contribution in [2.75, 3.05) is 30.0 Å². The van der Waals surface area contributed by atoms with Gasteiger partial charge in [0.25, 0.3) is 0 Å². The van der Waals surface area contributed by atoms with Gasteiger partial charge in [-0.15, -0.1) is 0 Å². The Morgan fingerprint density at radius 3 is 2.63 bits per heavy atom. The molecule has 2 aliphatic rings. The molecule has 1 saturated heterocycles. The first-order chi connectivity index (χ1) is 17.0. The smallest absolute Gasteiger partial charge is 0.243 e. The zero-order valence-electron chi connectivity index (χ0n) is 20.1. The summed E-state index contributed by atoms with van der Waals surface area (Å²) in [6, 6.07) is 9.51. The summed E-state index contributed by atoms with van der Waals surface area (Å²) in [5.41, 5.74) is 6.18. The molecule has 10 heteroatoms. The largest absolute Gasteiger partial charge is 0.354 e. The maximum Gasteiger partial charge on any atom is 0.243 e. The number of hydroxylamine groups is 2. The molecule has 1 atom stereocenters. The summed E-state index contributed by atoms with van der Waals surface area (Å²) < 4.78 is 15.0. The van der Waals surface area contributed by atoms with E-state index < -0.39 is 11.7 Å². The Hall–Kier alpha value is -3.27. The Labute approximate surface area is 205 Å². The van der Waals surface area contributed by atoms with Crippen LogP contribution in [0.5, 0.6) is 0 Å². The van der Waals surface area contributed by atoms with Gasteiger partial charge in [0.05, 0.1) is 12.5 Å². The van der Waals surface area contributed by atoms with E-state index in [1.807, 2.05) is 35.2 Å². The molecular weight excluding hydrogens is 451 g/mol. The third kappa shape index (κ3) is 6.66. The number of nitrogens with one attached hydrogen (secondary N) is 2. The summed E-state index contributed by atoms with van der Waals surface area (Å²) in [6.45, 7) is 3.50. The normalized spacial score (nSPS) is 16.5. The highest BCUT2D eigenvalue weighted by atomic mass is 19.1. The van der Waals surface area contributed by atoms with Crippen molar-refractivity contribution in [2.45, 2.75) is 52.1 Å². The molecule has 1 aromatic heterocycles. The topological polar surface area (TPSA) is 99.7 Å². The number of hydrazine groups is 1. The quantitative estimate of drug-likeness (QED) is 0.352. The fourth-order valence-corrected chi connectivity index (χ4v) is 4.58. The standard InChI is InChI=1S/C25H33FN6O3/c1-18-27-23(22(26)24(28-18)31-12-7-13-31)29-30-25(34)21(14-19-8-5-6-9-19)15-32(17-33)35-16-20-10-3-2-4-11-20/h2-4,10-11,17,19,21H,5-9,12-16H2,1H3,(H,30,34)(H,27,28,29)/t21-/m0/s1. The predicted molar refractivity (Wildman–Crippen MR) is 129 cm³/mol. The van der Waals surface area contributed by atoms with Crippen LogP contribution >= 0.6 is 0 Å². The van der Waals surface area contributed by atoms with Crippen molar-refractivity contribution >= 4 is 24.0 Å². The average molecular weight is 485 g/mol. The molecule has 0 unspecified atom stereocenters. The molecule has 1 aliphatic heterocycles. The highest BCUT2D eigenvalue weighted by Gasteiger charge is 2.28. The van der Waals surface area contributed by atoms with Gasteiger partial charge in [-0.05, 0) is 31.2 Å². The van der Waals surface area contributed by atoms with Crippen LogP contribution in [0.2, 0.25) is 0 Å². The molecule has 2 N–H and O–H groups in total. The number of carbonyl (C=O) groups is 2. The molecule has 2 aromatic rings. The second-order valence-corrected chi connectivity index (χ2v) is 9.26. The molecule has 9 nitrogen and oxygen atoms in total. The lowest BCUT2D eigenvalue weighted by Crippen LogP contribution is -2.42. The second kappa shape index (κ2) is 11.9. The number of hydrogen-bond donors (Lipinski definition) is 2. The first kappa shape index (κ1) is 24.8. The first-order valence-corrected chi connectivity index (χ1v) is 12.3. The van der Waals surface area contributed by atoms with Crippen molar-refractivity contribution in [3.8, 4) is 0 Å². The van der Waals surface area contributed by atoms with Crippen molar-refractivity contribution in [1.29, 1.82) is 0 Å². The maximum absolute atomic E-state index is 15.0. The second-order valence-electron chi connectivity index (χ2n) is 9.26. The van der Waals surface area contributed by atoms with E-state index in [4.69, 9.17) is 4.84 Å². The Morgan fingerprint density at radius 2 is 1.97 bits per heavy atom. The lowest BCUT2D eigenvalue weighted by atomic mass is 9.92. The van der Waals surface area contributed by atoms with E-state index >= 15 is 0 Å². The Bertz CT molecular complexity index is 998. The SMILES string of the molecule is Cc1nc(NNC(=O)[C@@H](CC2CCCC2)CN(C=O)OCc2ccccc2)c(F)c(N2CCC2)n1. The molecule has 1 aromatic carbocycles. The van der Waals surface area contributed by atoms with Gasteiger partial charge in [0.15, 0.2) is 11.6 Å². The number of aryl methyl sites for hydroxylation is 1. The lowest BCUT2D eigenvalue weighted by Gasteiger charge is -2.32. The van der Waals surface area contributed by atoms with E-state index in [9.17, 15) is 14.0 Å². The van der Waals surface area contributed by atoms with Crippen molar-refractivity contribution in [3.05, 3.63) is 47.5 Å². The number of anilines is 2. The maximum atomic E-state index is 15.0. The molecule has 0 spiro atoms. The van der Waals surface area contributed by atoms with E-state index in [1.54, 1.807) is 6.92 Å². The van der Waals surface area contributed by atoms with Gasteiger partial charge in [-0.2, -0.15) is 4.39 Å². The van der Waals surface area contributed by atoms with Gasteiger partial charge in [-0.25, -0.2) is 15.0 Å². The molecule has 2 heterocycles. The number of amides is 2. The summed E-state index contributed by atoms with van der Waals surface area (Å²) in [7, 11) is 0. The molecule has 2 fully saturated rings. The van der Waals surface area contributed by atoms with E-state index in [2.05, 4.69) is 20.8 Å². The summed E-state index contributed by atoms with van der Waals surface area (Å²) in [5.74, 6) is -0.466. The molecule has 188 valence electrons. The molecule has 4 rings (SSSR count). The van der Waals surface area contributed by atoms with Crippen LogP contribution in [0.3, 0.4) is 0 Å². The summed E-state index contributed by atoms with van der Waals surface area (Å²) in [6.07, 6.45) is 6.61. The molecule has 2 amide bonds. The van der Waals surface area contributed by atoms with Crippen LogP contribution in [0, 0.1) is 24.6 Å². The Kier molecular flexibility index (Phi) is 8.46. The minimum absolute atomic E-state index is 0.0695. The van der Waals surface area contributed by atoms with Crippen molar-refractivity contribution in [3.63, 3.8) is 0 Å². The fourth-order valence-electron chi connectivity index (χ4n) is 4.58. The molecule has 35 heavy (non-hydrogen) atoms. The number of carbonyl (C=O) groups excluding carboxylic acids is 2. The van der Waals surface area contributed by atoms with Gasteiger partial charge in [-0.3, -0.25) is 25.3 Å². The predicted octanol–water partition coefficient (Wildman–Crippen LogP) is 3.36. The molecule has 1 aliphatic carbocycles. The van der Waals surface area contributed by atoms with Crippen LogP contribution in [0.4, 0.5) is 16.0 Å². The van der Waals surface area contributed by atoms with Crippen molar-refractivity contribution < 1.29 is 18.8 Å². The van der Waals surface area contributed by atoms with Gasteiger partial charge < -0.3 is 4.90 Å². The van der Waals surface area contributed by atoms with E-state index in [-0.39, 0.29) is 30.7 Å². The van der Waals surface area contributed by atoms with Gasteiger partial charge in [0.1, 0.15) is 12.4 Å². The fraction of sp³-hybridized carbons (Fsp3) is 0.520. The van der Waals surface area contributed by atoms with Gasteiger partial charge in [-0.1, -0.05) is 56.0 Å². The number of aromatic nitrogens is 2. The highest BCUT2D eigenvalue weighted by Crippen LogP contribution is 2.31. The molecule has 0 bridgehead atoms. The van der Waals surface area contributed by atoms with E-state index in [0.29, 0.717) is 24.6 Å². The van der Waals surface area contributed by atoms with Crippen molar-refractivity contribution in [2.24, 2.45) is 11.8 Å². The Balaban J connectivity index is 1.40. The first-order valence-electron chi connectivity index (χ1n) is 12.3. The van der Waals surface area contributed by atoms with Crippen LogP contribution in [0.15, 0.2) is 30.3 Å². The van der Waals surface area contributed by atoms with Crippen LogP contribution in [-0.2, 0) is 21.0 Å². The lowest BCUT2D eigenvalue weighted by molar-refractivity contribution is -0.182. The average Bonchev–Trinajstić information content (AvgIpc) is 3.34. The number of benzene rings is 1. The van der Waals surface area contributed by atoms with Crippen molar-refractivity contribution in [1.82, 2.24) is 20.5 Å². The third-order valence-electron chi connectivity index (χ3n) is 6.63. The molecular formula is C25H33FN6O3. The number of nitrogens with zero attached hydrogens (tertiary/aromatic N) is 4. The molecule has 0 radical (unpaired) electrons.